The number of unbranched alkanes of at least 4 members (excludes halogenated alkanes) is 1. The molecule has 1 N–H and O–H groups in total. The van der Waals surface area contributed by atoms with Crippen LogP contribution in [0.25, 0.3) is 28.1 Å². The average molecular weight is 646 g/mol. The largest absolute Gasteiger partial charge is 0.326 e. The highest BCUT2D eigenvalue weighted by Crippen LogP contribution is 2.32. The first kappa shape index (κ1) is 29.9. The van der Waals surface area contributed by atoms with Crippen LogP contribution in [0.4, 0.5) is 5.69 Å². The third-order valence-corrected chi connectivity index (χ3v) is 9.58. The minimum Gasteiger partial charge on any atom is -0.303 e. The van der Waals surface area contributed by atoms with E-state index in [4.69, 9.17) is 28.2 Å². The first-order chi connectivity index (χ1) is 21.2. The number of hydrogen-bond acceptors (Lipinski definition) is 4. The third kappa shape index (κ3) is 6.38. The number of carbonyl (C=O) groups excluding carboxylic acids is 1. The quantitative estimate of drug-likeness (QED) is 0.179. The Labute approximate surface area is 267 Å². The van der Waals surface area contributed by atoms with E-state index in [1.807, 2.05) is 27.6 Å². The van der Waals surface area contributed by atoms with Gasteiger partial charge in [0.2, 0.25) is 0 Å². The molecule has 1 aromatic heterocycles. The number of carbonyl (C=O) groups is 1. The molecular weight excluding hydrogens is 615 g/mol. The molecule has 6 rings (SSSR count). The highest BCUT2D eigenvalue weighted by Gasteiger charge is 2.34. The summed E-state index contributed by atoms with van der Waals surface area (Å²) in [6.07, 6.45) is 5.85. The van der Waals surface area contributed by atoms with Crippen LogP contribution in [0, 0.1) is 0 Å². The van der Waals surface area contributed by atoms with Gasteiger partial charge in [0.1, 0.15) is 12.4 Å². The molecule has 1 fully saturated rings. The van der Waals surface area contributed by atoms with Gasteiger partial charge in [-0.15, -0.1) is 0 Å². The van der Waals surface area contributed by atoms with E-state index in [0.29, 0.717) is 33.5 Å². The van der Waals surface area contributed by atoms with Crippen LogP contribution in [-0.4, -0.2) is 30.4 Å². The minimum atomic E-state index is -3.95. The Balaban J connectivity index is 1.34. The van der Waals surface area contributed by atoms with Gasteiger partial charge in [0.15, 0.2) is 0 Å². The van der Waals surface area contributed by atoms with Crippen molar-refractivity contribution in [3.05, 3.63) is 124 Å². The summed E-state index contributed by atoms with van der Waals surface area (Å²) in [7, 11) is -3.95. The molecule has 44 heavy (non-hydrogen) atoms. The third-order valence-electron chi connectivity index (χ3n) is 7.62. The average Bonchev–Trinajstić information content (AvgIpc) is 3.55. The summed E-state index contributed by atoms with van der Waals surface area (Å²) in [4.78, 5) is 16.8. The van der Waals surface area contributed by atoms with Crippen LogP contribution in [0.15, 0.2) is 97.2 Å². The lowest BCUT2D eigenvalue weighted by molar-refractivity contribution is -0.117. The molecule has 5 aromatic rings. The van der Waals surface area contributed by atoms with Crippen LogP contribution < -0.4 is 9.03 Å². The number of anilines is 1. The number of hydrogen-bond donors (Lipinski definition) is 1. The maximum atomic E-state index is 12.5. The van der Waals surface area contributed by atoms with Gasteiger partial charge in [-0.2, -0.15) is 8.42 Å². The van der Waals surface area contributed by atoms with E-state index in [9.17, 15) is 13.2 Å². The molecule has 1 amide bonds. The van der Waals surface area contributed by atoms with Crippen molar-refractivity contribution in [1.29, 1.82) is 0 Å². The number of halogens is 2. The summed E-state index contributed by atoms with van der Waals surface area (Å²) in [5.74, 6) is 0.156. The summed E-state index contributed by atoms with van der Waals surface area (Å²) in [5.41, 5.74) is 7.15. The lowest BCUT2D eigenvalue weighted by atomic mass is 10.00. The Hall–Kier alpha value is -4.11. The van der Waals surface area contributed by atoms with Crippen LogP contribution in [0.3, 0.4) is 0 Å². The molecule has 10 heteroatoms. The van der Waals surface area contributed by atoms with Crippen molar-refractivity contribution in [2.45, 2.75) is 32.6 Å². The van der Waals surface area contributed by atoms with E-state index in [0.717, 1.165) is 33.2 Å². The zero-order valence-corrected chi connectivity index (χ0v) is 26.3. The number of imidazole rings is 1. The van der Waals surface area contributed by atoms with Gasteiger partial charge in [-0.05, 0) is 71.5 Å². The number of aryl methyl sites for hydroxylation is 1. The van der Waals surface area contributed by atoms with E-state index in [1.54, 1.807) is 30.3 Å². The first-order valence-corrected chi connectivity index (χ1v) is 16.6. The fraction of sp³-hybridized carbons (Fsp3) is 0.176. The van der Waals surface area contributed by atoms with Gasteiger partial charge in [-0.1, -0.05) is 91.1 Å². The standard InChI is InChI=1S/C34H30Cl2N4O3S/c1-2-3-5-23-8-12-25(13-9-23)26-14-10-24(11-15-26)18-33-37-32(30-17-16-27(35)19-31(30)36)21-39(33)28-6-4-7-29(20-28)40-22-34(41)38-44(40,42)43/h4,6-17,19-21H,2-3,5,18,22H2,1H3,(H,38,41). The lowest BCUT2D eigenvalue weighted by Gasteiger charge is -2.16. The predicted octanol–water partition coefficient (Wildman–Crippen LogP) is 7.63. The maximum Gasteiger partial charge on any atom is 0.326 e. The van der Waals surface area contributed by atoms with E-state index >= 15 is 0 Å². The topological polar surface area (TPSA) is 84.3 Å². The second-order valence-electron chi connectivity index (χ2n) is 10.8. The Morgan fingerprint density at radius 3 is 2.18 bits per heavy atom. The number of rotatable bonds is 9. The molecule has 2 heterocycles. The molecule has 0 spiro atoms. The van der Waals surface area contributed by atoms with E-state index in [1.165, 1.54) is 24.0 Å². The Morgan fingerprint density at radius 2 is 1.55 bits per heavy atom. The molecule has 224 valence electrons. The number of aromatic nitrogens is 2. The van der Waals surface area contributed by atoms with E-state index in [-0.39, 0.29) is 6.54 Å². The number of amides is 1. The molecule has 0 radical (unpaired) electrons. The minimum absolute atomic E-state index is 0.276. The second kappa shape index (κ2) is 12.5. The smallest absolute Gasteiger partial charge is 0.303 e. The molecule has 0 unspecified atom stereocenters. The Kier molecular flexibility index (Phi) is 8.49. The van der Waals surface area contributed by atoms with Crippen molar-refractivity contribution in [1.82, 2.24) is 14.3 Å². The zero-order chi connectivity index (χ0) is 30.8. The highest BCUT2D eigenvalue weighted by atomic mass is 35.5. The van der Waals surface area contributed by atoms with Crippen molar-refractivity contribution in [3.8, 4) is 28.1 Å². The second-order valence-corrected chi connectivity index (χ2v) is 13.2. The normalized spacial score (nSPS) is 14.2. The Morgan fingerprint density at radius 1 is 0.864 bits per heavy atom. The number of nitrogens with one attached hydrogen (secondary N) is 1. The van der Waals surface area contributed by atoms with Gasteiger partial charge in [0, 0.05) is 28.9 Å². The van der Waals surface area contributed by atoms with Gasteiger partial charge >= 0.3 is 10.2 Å². The van der Waals surface area contributed by atoms with Crippen LogP contribution in [0.1, 0.15) is 36.7 Å². The van der Waals surface area contributed by atoms with Crippen molar-refractivity contribution >= 4 is 45.0 Å². The number of benzene rings is 4. The molecular formula is C34H30Cl2N4O3S. The molecule has 0 aliphatic carbocycles. The summed E-state index contributed by atoms with van der Waals surface area (Å²) >= 11 is 12.7. The Bertz CT molecular complexity index is 1940. The van der Waals surface area contributed by atoms with Crippen LogP contribution in [0.2, 0.25) is 10.0 Å². The number of nitrogens with zero attached hydrogens (tertiary/aromatic N) is 3. The molecule has 7 nitrogen and oxygen atoms in total. The van der Waals surface area contributed by atoms with Crippen LogP contribution in [0.5, 0.6) is 0 Å². The molecule has 0 atom stereocenters. The first-order valence-electron chi connectivity index (χ1n) is 14.4. The maximum absolute atomic E-state index is 12.5. The van der Waals surface area contributed by atoms with Gasteiger partial charge in [0.25, 0.3) is 5.91 Å². The van der Waals surface area contributed by atoms with Crippen LogP contribution in [-0.2, 0) is 27.8 Å². The highest BCUT2D eigenvalue weighted by molar-refractivity contribution is 7.92. The summed E-state index contributed by atoms with van der Waals surface area (Å²) in [5, 5.41) is 0.997. The van der Waals surface area contributed by atoms with E-state index < -0.39 is 16.1 Å². The molecule has 0 bridgehead atoms. The molecule has 4 aromatic carbocycles. The molecule has 1 saturated heterocycles. The summed E-state index contributed by atoms with van der Waals surface area (Å²) in [6.45, 7) is 1.93. The molecule has 1 aliphatic rings. The van der Waals surface area contributed by atoms with Crippen LogP contribution >= 0.6 is 23.2 Å². The van der Waals surface area contributed by atoms with Crippen molar-refractivity contribution in [2.24, 2.45) is 0 Å². The monoisotopic (exact) mass is 644 g/mol. The van der Waals surface area contributed by atoms with Gasteiger partial charge in [0.05, 0.1) is 16.4 Å². The van der Waals surface area contributed by atoms with Crippen molar-refractivity contribution in [2.75, 3.05) is 10.8 Å². The van der Waals surface area contributed by atoms with E-state index in [2.05, 4.69) is 55.5 Å². The predicted molar refractivity (Wildman–Crippen MR) is 177 cm³/mol. The van der Waals surface area contributed by atoms with Crippen molar-refractivity contribution in [3.63, 3.8) is 0 Å². The fourth-order valence-electron chi connectivity index (χ4n) is 5.31. The van der Waals surface area contributed by atoms with Crippen molar-refractivity contribution < 1.29 is 13.2 Å². The lowest BCUT2D eigenvalue weighted by Crippen LogP contribution is -2.29. The molecule has 0 saturated carbocycles. The molecule has 1 aliphatic heterocycles. The van der Waals surface area contributed by atoms with Gasteiger partial charge in [-0.3, -0.25) is 4.79 Å². The summed E-state index contributed by atoms with van der Waals surface area (Å²) < 4.78 is 30.0. The zero-order valence-electron chi connectivity index (χ0n) is 24.0. The van der Waals surface area contributed by atoms with Gasteiger partial charge in [-0.25, -0.2) is 14.0 Å². The summed E-state index contributed by atoms with van der Waals surface area (Å²) in [6, 6.07) is 29.4. The van der Waals surface area contributed by atoms with Gasteiger partial charge < -0.3 is 4.57 Å². The fourth-order valence-corrected chi connectivity index (χ4v) is 6.96. The SMILES string of the molecule is CCCCc1ccc(-c2ccc(Cc3nc(-c4ccc(Cl)cc4Cl)cn3-c3cccc(N4CC(=O)NS4(=O)=O)c3)cc2)cc1.